The zero-order chi connectivity index (χ0) is 17.8. The molecule has 0 aliphatic rings. The molecule has 0 aliphatic heterocycles. The Morgan fingerprint density at radius 1 is 1.04 bits per heavy atom. The van der Waals surface area contributed by atoms with Gasteiger partial charge in [-0.2, -0.15) is 0 Å². The van der Waals surface area contributed by atoms with Gasteiger partial charge in [-0.15, -0.1) is 0 Å². The first-order valence-corrected chi connectivity index (χ1v) is 8.27. The van der Waals surface area contributed by atoms with Gasteiger partial charge in [0, 0.05) is 5.69 Å². The van der Waals surface area contributed by atoms with Gasteiger partial charge in [0.05, 0.1) is 22.5 Å². The molecule has 5 heteroatoms. The highest BCUT2D eigenvalue weighted by Gasteiger charge is 2.10. The van der Waals surface area contributed by atoms with Crippen LogP contribution in [0.5, 0.6) is 0 Å². The van der Waals surface area contributed by atoms with Crippen LogP contribution in [0.25, 0.3) is 0 Å². The summed E-state index contributed by atoms with van der Waals surface area (Å²) in [6.07, 6.45) is 1.61. The van der Waals surface area contributed by atoms with E-state index in [4.69, 9.17) is 11.6 Å². The lowest BCUT2D eigenvalue weighted by Crippen LogP contribution is -2.12. The number of amides is 1. The summed E-state index contributed by atoms with van der Waals surface area (Å²) in [7, 11) is 0. The Kier molecular flexibility index (Phi) is 5.00. The maximum Gasteiger partial charge on any atom is 0.257 e. The second kappa shape index (κ2) is 7.36. The Hall–Kier alpha value is -2.85. The van der Waals surface area contributed by atoms with Crippen LogP contribution in [0, 0.1) is 13.8 Å². The molecule has 0 radical (unpaired) electrons. The molecule has 0 spiro atoms. The van der Waals surface area contributed by atoms with E-state index in [9.17, 15) is 4.79 Å². The van der Waals surface area contributed by atoms with Gasteiger partial charge in [-0.25, -0.2) is 4.98 Å². The van der Waals surface area contributed by atoms with E-state index in [1.54, 1.807) is 36.5 Å². The fraction of sp³-hybridized carbons (Fsp3) is 0.100. The van der Waals surface area contributed by atoms with Crippen LogP contribution in [0.4, 0.5) is 17.2 Å². The number of anilines is 3. The molecule has 0 aliphatic carbocycles. The molecule has 3 aromatic rings. The van der Waals surface area contributed by atoms with Crippen LogP contribution in [-0.2, 0) is 0 Å². The lowest BCUT2D eigenvalue weighted by molar-refractivity contribution is 0.102. The number of hydrogen-bond acceptors (Lipinski definition) is 3. The van der Waals surface area contributed by atoms with Crippen molar-refractivity contribution in [3.8, 4) is 0 Å². The average Bonchev–Trinajstić information content (AvgIpc) is 2.60. The molecule has 2 aromatic carbocycles. The number of pyridine rings is 1. The maximum absolute atomic E-state index is 12.3. The Morgan fingerprint density at radius 2 is 1.84 bits per heavy atom. The summed E-state index contributed by atoms with van der Waals surface area (Å²) in [4.78, 5) is 16.6. The number of halogens is 1. The second-order valence-corrected chi connectivity index (χ2v) is 6.22. The number of carbonyl (C=O) groups excluding carboxylic acids is 1. The highest BCUT2D eigenvalue weighted by Crippen LogP contribution is 2.22. The molecule has 0 saturated heterocycles. The summed E-state index contributed by atoms with van der Waals surface area (Å²) in [5.41, 5.74) is 4.37. The maximum atomic E-state index is 12.3. The van der Waals surface area contributed by atoms with Crippen molar-refractivity contribution in [1.82, 2.24) is 4.98 Å². The minimum atomic E-state index is -0.261. The summed E-state index contributed by atoms with van der Waals surface area (Å²) < 4.78 is 0. The Labute approximate surface area is 151 Å². The Morgan fingerprint density at radius 3 is 2.56 bits per heavy atom. The van der Waals surface area contributed by atoms with Crippen LogP contribution in [-0.4, -0.2) is 10.9 Å². The number of aromatic nitrogens is 1. The number of aryl methyl sites for hydroxylation is 2. The number of hydrogen-bond donors (Lipinski definition) is 2. The quantitative estimate of drug-likeness (QED) is 0.666. The van der Waals surface area contributed by atoms with Gasteiger partial charge in [0.2, 0.25) is 0 Å². The molecule has 1 amide bonds. The van der Waals surface area contributed by atoms with Crippen LogP contribution in [0.2, 0.25) is 5.02 Å². The van der Waals surface area contributed by atoms with Gasteiger partial charge in [0.1, 0.15) is 5.82 Å². The fourth-order valence-corrected chi connectivity index (χ4v) is 2.62. The summed E-state index contributed by atoms with van der Waals surface area (Å²) in [6, 6.07) is 16.8. The molecular weight excluding hydrogens is 334 g/mol. The second-order valence-electron chi connectivity index (χ2n) is 5.81. The molecule has 0 bridgehead atoms. The van der Waals surface area contributed by atoms with Crippen LogP contribution in [0.1, 0.15) is 21.5 Å². The lowest BCUT2D eigenvalue weighted by Gasteiger charge is -2.11. The number of rotatable bonds is 4. The third kappa shape index (κ3) is 4.17. The van der Waals surface area contributed by atoms with Crippen LogP contribution < -0.4 is 10.6 Å². The average molecular weight is 352 g/mol. The van der Waals surface area contributed by atoms with Gasteiger partial charge in [-0.3, -0.25) is 4.79 Å². The molecule has 3 rings (SSSR count). The molecule has 0 saturated carbocycles. The third-order valence-corrected chi connectivity index (χ3v) is 4.13. The van der Waals surface area contributed by atoms with Gasteiger partial charge < -0.3 is 10.6 Å². The summed E-state index contributed by atoms with van der Waals surface area (Å²) in [5, 5.41) is 6.50. The number of nitrogens with one attached hydrogen (secondary N) is 2. The first-order chi connectivity index (χ1) is 12.0. The van der Waals surface area contributed by atoms with Crippen molar-refractivity contribution in [2.75, 3.05) is 10.6 Å². The number of carbonyl (C=O) groups is 1. The molecule has 0 unspecified atom stereocenters. The predicted molar refractivity (Wildman–Crippen MR) is 103 cm³/mol. The molecule has 1 aromatic heterocycles. The topological polar surface area (TPSA) is 54.0 Å². The van der Waals surface area contributed by atoms with Crippen LogP contribution in [0.15, 0.2) is 60.8 Å². The monoisotopic (exact) mass is 351 g/mol. The molecule has 25 heavy (non-hydrogen) atoms. The Bertz CT molecular complexity index is 907. The van der Waals surface area contributed by atoms with Crippen molar-refractivity contribution in [2.24, 2.45) is 0 Å². The molecule has 0 atom stereocenters. The lowest BCUT2D eigenvalue weighted by atomic mass is 10.1. The molecule has 1 heterocycles. The first kappa shape index (κ1) is 17.0. The van der Waals surface area contributed by atoms with Gasteiger partial charge >= 0.3 is 0 Å². The largest absolute Gasteiger partial charge is 0.340 e. The summed E-state index contributed by atoms with van der Waals surface area (Å²) in [5.74, 6) is 0.451. The third-order valence-electron chi connectivity index (χ3n) is 3.80. The van der Waals surface area contributed by atoms with E-state index in [-0.39, 0.29) is 5.91 Å². The van der Waals surface area contributed by atoms with Crippen molar-refractivity contribution < 1.29 is 4.79 Å². The highest BCUT2D eigenvalue weighted by atomic mass is 35.5. The van der Waals surface area contributed by atoms with Gasteiger partial charge in [0.15, 0.2) is 0 Å². The molecule has 0 fully saturated rings. The van der Waals surface area contributed by atoms with Crippen molar-refractivity contribution in [3.05, 3.63) is 82.5 Å². The minimum absolute atomic E-state index is 0.261. The SMILES string of the molecule is Cc1ccc(C)c(Nc2ccc(NC(=O)c3ccccc3Cl)cn2)c1. The zero-order valence-electron chi connectivity index (χ0n) is 14.0. The highest BCUT2D eigenvalue weighted by molar-refractivity contribution is 6.34. The van der Waals surface area contributed by atoms with E-state index in [2.05, 4.69) is 33.8 Å². The predicted octanol–water partition coefficient (Wildman–Crippen LogP) is 5.35. The van der Waals surface area contributed by atoms with Crippen molar-refractivity contribution >= 4 is 34.7 Å². The normalized spacial score (nSPS) is 10.4. The van der Waals surface area contributed by atoms with Crippen LogP contribution in [0.3, 0.4) is 0 Å². The minimum Gasteiger partial charge on any atom is -0.340 e. The van der Waals surface area contributed by atoms with Crippen molar-refractivity contribution in [3.63, 3.8) is 0 Å². The van der Waals surface area contributed by atoms with E-state index < -0.39 is 0 Å². The molecule has 2 N–H and O–H groups in total. The standard InChI is InChI=1S/C20H18ClN3O/c1-13-7-8-14(2)18(11-13)24-19-10-9-15(12-22-19)23-20(25)16-5-3-4-6-17(16)21/h3-12H,1-2H3,(H,22,24)(H,23,25). The molecular formula is C20H18ClN3O. The smallest absolute Gasteiger partial charge is 0.257 e. The molecule has 126 valence electrons. The van der Waals surface area contributed by atoms with E-state index in [0.29, 0.717) is 22.1 Å². The van der Waals surface area contributed by atoms with E-state index in [0.717, 1.165) is 11.3 Å². The summed E-state index contributed by atoms with van der Waals surface area (Å²) >= 11 is 6.04. The van der Waals surface area contributed by atoms with E-state index in [1.807, 2.05) is 19.9 Å². The zero-order valence-corrected chi connectivity index (χ0v) is 14.8. The van der Waals surface area contributed by atoms with Gasteiger partial charge in [0.25, 0.3) is 5.91 Å². The van der Waals surface area contributed by atoms with Gasteiger partial charge in [-0.05, 0) is 55.3 Å². The van der Waals surface area contributed by atoms with E-state index in [1.165, 1.54) is 5.56 Å². The van der Waals surface area contributed by atoms with Crippen molar-refractivity contribution in [1.29, 1.82) is 0 Å². The van der Waals surface area contributed by atoms with Crippen LogP contribution >= 0.6 is 11.6 Å². The van der Waals surface area contributed by atoms with Gasteiger partial charge in [-0.1, -0.05) is 35.9 Å². The van der Waals surface area contributed by atoms with E-state index >= 15 is 0 Å². The number of nitrogens with zero attached hydrogens (tertiary/aromatic N) is 1. The Balaban J connectivity index is 1.71. The van der Waals surface area contributed by atoms with Crippen molar-refractivity contribution in [2.45, 2.75) is 13.8 Å². The summed E-state index contributed by atoms with van der Waals surface area (Å²) in [6.45, 7) is 4.09. The number of benzene rings is 2. The fourth-order valence-electron chi connectivity index (χ4n) is 2.39. The first-order valence-electron chi connectivity index (χ1n) is 7.89. The molecule has 4 nitrogen and oxygen atoms in total.